The van der Waals surface area contributed by atoms with E-state index in [1.807, 2.05) is 5.32 Å². The summed E-state index contributed by atoms with van der Waals surface area (Å²) in [4.78, 5) is 57.4. The first-order chi connectivity index (χ1) is 14.4. The lowest BCUT2D eigenvalue weighted by molar-refractivity contribution is -0.384. The number of non-ortho nitro benzene ring substituents is 1. The molecule has 0 saturated carbocycles. The van der Waals surface area contributed by atoms with Crippen molar-refractivity contribution < 1.29 is 37.4 Å². The van der Waals surface area contributed by atoms with E-state index in [-0.39, 0.29) is 17.2 Å². The van der Waals surface area contributed by atoms with E-state index >= 15 is 0 Å². The summed E-state index contributed by atoms with van der Waals surface area (Å²) in [6.07, 6.45) is -4.85. The van der Waals surface area contributed by atoms with Crippen LogP contribution in [0.1, 0.15) is 26.3 Å². The summed E-state index contributed by atoms with van der Waals surface area (Å²) in [5.41, 5.74) is -3.85. The highest BCUT2D eigenvalue weighted by Crippen LogP contribution is 2.35. The number of imide groups is 1. The molecular weight excluding hydrogens is 429 g/mol. The third-order valence-electron chi connectivity index (χ3n) is 4.26. The molecule has 160 valence electrons. The van der Waals surface area contributed by atoms with Gasteiger partial charge in [-0.05, 0) is 18.2 Å². The van der Waals surface area contributed by atoms with Crippen molar-refractivity contribution in [3.8, 4) is 0 Å². The minimum Gasteiger partial charge on any atom is -0.319 e. The van der Waals surface area contributed by atoms with Crippen LogP contribution in [0.2, 0.25) is 0 Å². The number of halogens is 3. The van der Waals surface area contributed by atoms with Gasteiger partial charge in [0.1, 0.15) is 12.2 Å². The summed E-state index contributed by atoms with van der Waals surface area (Å²) in [6.45, 7) is -0.918. The minimum absolute atomic E-state index is 0.177. The molecule has 2 aromatic rings. The van der Waals surface area contributed by atoms with Gasteiger partial charge in [-0.1, -0.05) is 0 Å². The van der Waals surface area contributed by atoms with Crippen molar-refractivity contribution >= 4 is 34.8 Å². The van der Waals surface area contributed by atoms with Crippen molar-refractivity contribution in [1.82, 2.24) is 4.90 Å². The maximum absolute atomic E-state index is 12.8. The molecule has 0 aromatic heterocycles. The number of hydrogen-bond acceptors (Lipinski definition) is 7. The zero-order valence-corrected chi connectivity index (χ0v) is 15.0. The maximum Gasteiger partial charge on any atom is 0.416 e. The van der Waals surface area contributed by atoms with Crippen LogP contribution in [0.25, 0.3) is 0 Å². The maximum atomic E-state index is 12.8. The van der Waals surface area contributed by atoms with E-state index in [9.17, 15) is 47.8 Å². The van der Waals surface area contributed by atoms with Gasteiger partial charge in [0.15, 0.2) is 0 Å². The first-order valence-electron chi connectivity index (χ1n) is 8.20. The van der Waals surface area contributed by atoms with Crippen LogP contribution in [-0.2, 0) is 11.0 Å². The van der Waals surface area contributed by atoms with Crippen LogP contribution in [0.15, 0.2) is 36.4 Å². The van der Waals surface area contributed by atoms with Crippen molar-refractivity contribution in [2.45, 2.75) is 6.18 Å². The number of carbonyl (C=O) groups is 3. The number of nitrogens with zero attached hydrogens (tertiary/aromatic N) is 3. The molecule has 2 aromatic carbocycles. The highest BCUT2D eigenvalue weighted by atomic mass is 19.4. The monoisotopic (exact) mass is 438 g/mol. The summed E-state index contributed by atoms with van der Waals surface area (Å²) in [6, 6.07) is 4.34. The van der Waals surface area contributed by atoms with Gasteiger partial charge in [0.25, 0.3) is 23.2 Å². The van der Waals surface area contributed by atoms with E-state index in [2.05, 4.69) is 0 Å². The van der Waals surface area contributed by atoms with Gasteiger partial charge in [-0.3, -0.25) is 39.5 Å². The molecule has 0 aliphatic carbocycles. The van der Waals surface area contributed by atoms with E-state index in [0.717, 1.165) is 18.2 Å². The van der Waals surface area contributed by atoms with Crippen molar-refractivity contribution in [2.24, 2.45) is 0 Å². The third-order valence-corrected chi connectivity index (χ3v) is 4.26. The fourth-order valence-corrected chi connectivity index (χ4v) is 2.83. The molecule has 1 aliphatic rings. The molecule has 1 N–H and O–H groups in total. The Morgan fingerprint density at radius 1 is 0.968 bits per heavy atom. The van der Waals surface area contributed by atoms with Gasteiger partial charge in [0, 0.05) is 18.2 Å². The zero-order chi connectivity index (χ0) is 23.1. The molecule has 0 radical (unpaired) electrons. The van der Waals surface area contributed by atoms with Gasteiger partial charge in [0.2, 0.25) is 5.91 Å². The lowest BCUT2D eigenvalue weighted by atomic mass is 10.1. The number of amides is 3. The molecule has 14 heteroatoms. The largest absolute Gasteiger partial charge is 0.416 e. The van der Waals surface area contributed by atoms with E-state index in [4.69, 9.17) is 0 Å². The van der Waals surface area contributed by atoms with Gasteiger partial charge in [-0.2, -0.15) is 13.2 Å². The highest BCUT2D eigenvalue weighted by molar-refractivity contribution is 6.23. The quantitative estimate of drug-likeness (QED) is 0.428. The number of nitro groups is 2. The van der Waals surface area contributed by atoms with E-state index in [1.165, 1.54) is 0 Å². The number of carbonyl (C=O) groups excluding carboxylic acids is 3. The summed E-state index contributed by atoms with van der Waals surface area (Å²) < 4.78 is 38.3. The van der Waals surface area contributed by atoms with Crippen LogP contribution in [-0.4, -0.2) is 39.0 Å². The fraction of sp³-hybridized carbons (Fsp3) is 0.118. The Kier molecular flexibility index (Phi) is 5.15. The standard InChI is InChI=1S/C17H9F3N4O7/c18-17(19,20)8-1-4-12(13(5-8)24(30)31)21-14(25)7-22-15(26)10-3-2-9(23(28)29)6-11(10)16(22)27/h1-6H,7H2,(H,21,25). The van der Waals surface area contributed by atoms with Gasteiger partial charge < -0.3 is 5.32 Å². The fourth-order valence-electron chi connectivity index (χ4n) is 2.83. The summed E-state index contributed by atoms with van der Waals surface area (Å²) in [7, 11) is 0. The molecule has 31 heavy (non-hydrogen) atoms. The molecule has 3 amide bonds. The number of benzene rings is 2. The molecule has 0 fully saturated rings. The topological polar surface area (TPSA) is 153 Å². The van der Waals surface area contributed by atoms with Crippen molar-refractivity contribution in [2.75, 3.05) is 11.9 Å². The summed E-state index contributed by atoms with van der Waals surface area (Å²) in [5, 5.41) is 23.9. The molecule has 0 atom stereocenters. The van der Waals surface area contributed by atoms with Gasteiger partial charge >= 0.3 is 6.18 Å². The van der Waals surface area contributed by atoms with Gasteiger partial charge in [-0.15, -0.1) is 0 Å². The number of hydrogen-bond donors (Lipinski definition) is 1. The SMILES string of the molecule is O=C(CN1C(=O)c2ccc([N+](=O)[O-])cc2C1=O)Nc1ccc(C(F)(F)F)cc1[N+](=O)[O-]. The van der Waals surface area contributed by atoms with Crippen molar-refractivity contribution in [3.05, 3.63) is 73.3 Å². The third kappa shape index (κ3) is 4.03. The number of fused-ring (bicyclic) bond motifs is 1. The first-order valence-corrected chi connectivity index (χ1v) is 8.20. The molecule has 1 heterocycles. The molecule has 0 saturated heterocycles. The van der Waals surface area contributed by atoms with Crippen LogP contribution in [0.5, 0.6) is 0 Å². The number of nitro benzene ring substituents is 2. The Hall–Kier alpha value is -4.36. The molecule has 0 unspecified atom stereocenters. The van der Waals surface area contributed by atoms with Crippen LogP contribution in [0.3, 0.4) is 0 Å². The predicted octanol–water partition coefficient (Wildman–Crippen LogP) is 2.76. The van der Waals surface area contributed by atoms with Gasteiger partial charge in [-0.25, -0.2) is 0 Å². The van der Waals surface area contributed by atoms with Gasteiger partial charge in [0.05, 0.1) is 26.5 Å². The smallest absolute Gasteiger partial charge is 0.319 e. The number of anilines is 1. The van der Waals surface area contributed by atoms with Crippen molar-refractivity contribution in [1.29, 1.82) is 0 Å². The lowest BCUT2D eigenvalue weighted by Crippen LogP contribution is -2.37. The second-order valence-electron chi connectivity index (χ2n) is 6.22. The first kappa shape index (κ1) is 21.4. The Labute approximate surface area is 169 Å². The average Bonchev–Trinajstić information content (AvgIpc) is 2.91. The van der Waals surface area contributed by atoms with E-state index in [1.54, 1.807) is 0 Å². The second-order valence-corrected chi connectivity index (χ2v) is 6.22. The summed E-state index contributed by atoms with van der Waals surface area (Å²) in [5.74, 6) is -3.03. The zero-order valence-electron chi connectivity index (χ0n) is 15.0. The van der Waals surface area contributed by atoms with Crippen LogP contribution >= 0.6 is 0 Å². The number of nitrogens with one attached hydrogen (secondary N) is 1. The molecule has 11 nitrogen and oxygen atoms in total. The molecular formula is C17H9F3N4O7. The van der Waals surface area contributed by atoms with Crippen LogP contribution < -0.4 is 5.32 Å². The minimum atomic E-state index is -4.85. The number of rotatable bonds is 5. The van der Waals surface area contributed by atoms with Crippen molar-refractivity contribution in [3.63, 3.8) is 0 Å². The second kappa shape index (κ2) is 7.47. The Morgan fingerprint density at radius 3 is 2.19 bits per heavy atom. The summed E-state index contributed by atoms with van der Waals surface area (Å²) >= 11 is 0. The molecule has 1 aliphatic heterocycles. The molecule has 3 rings (SSSR count). The molecule has 0 bridgehead atoms. The predicted molar refractivity (Wildman–Crippen MR) is 95.2 cm³/mol. The van der Waals surface area contributed by atoms with Crippen LogP contribution in [0, 0.1) is 20.2 Å². The van der Waals surface area contributed by atoms with Crippen LogP contribution in [0.4, 0.5) is 30.2 Å². The number of alkyl halides is 3. The Bertz CT molecular complexity index is 1160. The van der Waals surface area contributed by atoms with E-state index < -0.39 is 62.9 Å². The molecule has 0 spiro atoms. The lowest BCUT2D eigenvalue weighted by Gasteiger charge is -2.14. The van der Waals surface area contributed by atoms with E-state index in [0.29, 0.717) is 17.0 Å². The normalized spacial score (nSPS) is 13.2. The Balaban J connectivity index is 1.81. The average molecular weight is 438 g/mol. The highest BCUT2D eigenvalue weighted by Gasteiger charge is 2.38. The Morgan fingerprint density at radius 2 is 1.61 bits per heavy atom.